The molecule has 1 aromatic heterocycles. The van der Waals surface area contributed by atoms with E-state index in [4.69, 9.17) is 4.74 Å². The smallest absolute Gasteiger partial charge is 0.412 e. The van der Waals surface area contributed by atoms with Gasteiger partial charge in [0.15, 0.2) is 0 Å². The van der Waals surface area contributed by atoms with Crippen LogP contribution in [-0.4, -0.2) is 21.2 Å². The number of ether oxygens (including phenoxy) is 1. The van der Waals surface area contributed by atoms with Crippen molar-refractivity contribution < 1.29 is 9.53 Å². The summed E-state index contributed by atoms with van der Waals surface area (Å²) in [6, 6.07) is 7.07. The van der Waals surface area contributed by atoms with Crippen molar-refractivity contribution in [2.24, 2.45) is 0 Å². The SMILES string of the molecule is CC(C)(C)OC(=O)Nc1ccccc1-c1cn(C2CCCC2)c(=O)[nH]c1=O. The number of para-hydroxylation sites is 1. The van der Waals surface area contributed by atoms with Crippen molar-refractivity contribution in [3.63, 3.8) is 0 Å². The molecule has 7 nitrogen and oxygen atoms in total. The molecule has 1 heterocycles. The molecular weight excluding hydrogens is 346 g/mol. The van der Waals surface area contributed by atoms with E-state index in [1.54, 1.807) is 55.8 Å². The monoisotopic (exact) mass is 371 g/mol. The Balaban J connectivity index is 1.99. The number of nitrogens with one attached hydrogen (secondary N) is 2. The topological polar surface area (TPSA) is 93.2 Å². The van der Waals surface area contributed by atoms with Crippen LogP contribution in [0.4, 0.5) is 10.5 Å². The zero-order chi connectivity index (χ0) is 19.6. The van der Waals surface area contributed by atoms with Crippen LogP contribution in [0.15, 0.2) is 40.1 Å². The molecule has 0 atom stereocenters. The molecule has 1 amide bonds. The number of anilines is 1. The molecule has 7 heteroatoms. The first-order chi connectivity index (χ1) is 12.7. The average molecular weight is 371 g/mol. The number of benzene rings is 1. The summed E-state index contributed by atoms with van der Waals surface area (Å²) < 4.78 is 6.90. The minimum Gasteiger partial charge on any atom is -0.444 e. The van der Waals surface area contributed by atoms with Gasteiger partial charge in [0.1, 0.15) is 5.60 Å². The Morgan fingerprint density at radius 3 is 2.48 bits per heavy atom. The van der Waals surface area contributed by atoms with Crippen molar-refractivity contribution in [2.75, 3.05) is 5.32 Å². The number of carbonyl (C=O) groups excluding carboxylic acids is 1. The zero-order valence-electron chi connectivity index (χ0n) is 15.9. The van der Waals surface area contributed by atoms with Crippen molar-refractivity contribution >= 4 is 11.8 Å². The number of aromatic amines is 1. The summed E-state index contributed by atoms with van der Waals surface area (Å²) in [7, 11) is 0. The Morgan fingerprint density at radius 2 is 1.81 bits per heavy atom. The third kappa shape index (κ3) is 4.48. The van der Waals surface area contributed by atoms with Gasteiger partial charge >= 0.3 is 11.8 Å². The lowest BCUT2D eigenvalue weighted by atomic mass is 10.1. The number of H-pyrrole nitrogens is 1. The van der Waals surface area contributed by atoms with Crippen molar-refractivity contribution in [2.45, 2.75) is 58.1 Å². The fraction of sp³-hybridized carbons (Fsp3) is 0.450. The van der Waals surface area contributed by atoms with E-state index in [9.17, 15) is 14.4 Å². The third-order valence-electron chi connectivity index (χ3n) is 4.54. The number of rotatable bonds is 3. The van der Waals surface area contributed by atoms with Gasteiger partial charge in [-0.3, -0.25) is 19.7 Å². The van der Waals surface area contributed by atoms with Crippen molar-refractivity contribution in [1.82, 2.24) is 9.55 Å². The highest BCUT2D eigenvalue weighted by Crippen LogP contribution is 2.30. The number of amides is 1. The lowest BCUT2D eigenvalue weighted by Crippen LogP contribution is -2.32. The van der Waals surface area contributed by atoms with E-state index < -0.39 is 22.9 Å². The van der Waals surface area contributed by atoms with Crippen LogP contribution in [0.3, 0.4) is 0 Å². The molecule has 1 fully saturated rings. The summed E-state index contributed by atoms with van der Waals surface area (Å²) in [5.41, 5.74) is -0.175. The van der Waals surface area contributed by atoms with Gasteiger partial charge in [-0.2, -0.15) is 0 Å². The Morgan fingerprint density at radius 1 is 1.15 bits per heavy atom. The van der Waals surface area contributed by atoms with Gasteiger partial charge in [-0.05, 0) is 39.7 Å². The largest absolute Gasteiger partial charge is 0.444 e. The fourth-order valence-electron chi connectivity index (χ4n) is 3.37. The summed E-state index contributed by atoms with van der Waals surface area (Å²) in [4.78, 5) is 39.3. The first-order valence-corrected chi connectivity index (χ1v) is 9.19. The molecule has 1 aliphatic rings. The van der Waals surface area contributed by atoms with Crippen molar-refractivity contribution in [3.8, 4) is 11.1 Å². The Bertz CT molecular complexity index is 947. The number of nitrogens with zero attached hydrogens (tertiary/aromatic N) is 1. The van der Waals surface area contributed by atoms with Gasteiger partial charge in [0.2, 0.25) is 0 Å². The standard InChI is InChI=1S/C20H25N3O4/c1-20(2,3)27-19(26)21-16-11-7-6-10-14(16)15-12-23(13-8-4-5-9-13)18(25)22-17(15)24/h6-7,10-13H,4-5,8-9H2,1-3H3,(H,21,26)(H,22,24,25). The maximum absolute atomic E-state index is 12.5. The molecule has 1 aliphatic carbocycles. The number of carbonyl (C=O) groups is 1. The average Bonchev–Trinajstić information content (AvgIpc) is 3.08. The first kappa shape index (κ1) is 18.9. The van der Waals surface area contributed by atoms with Gasteiger partial charge in [0, 0.05) is 17.8 Å². The van der Waals surface area contributed by atoms with Crippen molar-refractivity contribution in [3.05, 3.63) is 51.3 Å². The molecule has 2 N–H and O–H groups in total. The normalized spacial score (nSPS) is 14.9. The summed E-state index contributed by atoms with van der Waals surface area (Å²) in [6.45, 7) is 5.34. The van der Waals surface area contributed by atoms with Gasteiger partial charge in [0.25, 0.3) is 5.56 Å². The Kier molecular flexibility index (Phi) is 5.21. The Labute approximate surface area is 157 Å². The summed E-state index contributed by atoms with van der Waals surface area (Å²) in [5, 5.41) is 2.70. The van der Waals surface area contributed by atoms with E-state index in [1.807, 2.05) is 0 Å². The highest BCUT2D eigenvalue weighted by molar-refractivity contribution is 5.91. The van der Waals surface area contributed by atoms with E-state index in [1.165, 1.54) is 0 Å². The minimum atomic E-state index is -0.633. The van der Waals surface area contributed by atoms with E-state index in [0.717, 1.165) is 25.7 Å². The molecule has 27 heavy (non-hydrogen) atoms. The molecule has 0 spiro atoms. The molecule has 0 aliphatic heterocycles. The second kappa shape index (κ2) is 7.42. The van der Waals surface area contributed by atoms with Crippen LogP contribution in [-0.2, 0) is 4.74 Å². The molecule has 0 saturated heterocycles. The molecule has 0 bridgehead atoms. The van der Waals surface area contributed by atoms with E-state index >= 15 is 0 Å². The van der Waals surface area contributed by atoms with E-state index in [0.29, 0.717) is 16.8 Å². The van der Waals surface area contributed by atoms with Crippen LogP contribution in [0.5, 0.6) is 0 Å². The van der Waals surface area contributed by atoms with E-state index in [-0.39, 0.29) is 6.04 Å². The lowest BCUT2D eigenvalue weighted by molar-refractivity contribution is 0.0636. The fourth-order valence-corrected chi connectivity index (χ4v) is 3.37. The lowest BCUT2D eigenvalue weighted by Gasteiger charge is -2.20. The molecule has 3 rings (SSSR count). The van der Waals surface area contributed by atoms with Gasteiger partial charge < -0.3 is 4.74 Å². The van der Waals surface area contributed by atoms with Gasteiger partial charge in [-0.15, -0.1) is 0 Å². The maximum Gasteiger partial charge on any atom is 0.412 e. The molecular formula is C20H25N3O4. The summed E-state index contributed by atoms with van der Waals surface area (Å²) >= 11 is 0. The zero-order valence-corrected chi connectivity index (χ0v) is 15.9. The second-order valence-corrected chi connectivity index (χ2v) is 7.82. The molecule has 0 unspecified atom stereocenters. The third-order valence-corrected chi connectivity index (χ3v) is 4.54. The maximum atomic E-state index is 12.5. The minimum absolute atomic E-state index is 0.0964. The van der Waals surface area contributed by atoms with Crippen LogP contribution in [0.1, 0.15) is 52.5 Å². The molecule has 1 aromatic carbocycles. The highest BCUT2D eigenvalue weighted by atomic mass is 16.6. The first-order valence-electron chi connectivity index (χ1n) is 9.19. The van der Waals surface area contributed by atoms with Gasteiger partial charge in [0.05, 0.1) is 11.3 Å². The number of hydrogen-bond donors (Lipinski definition) is 2. The second-order valence-electron chi connectivity index (χ2n) is 7.82. The Hall–Kier alpha value is -2.83. The van der Waals surface area contributed by atoms with E-state index in [2.05, 4.69) is 10.3 Å². The van der Waals surface area contributed by atoms with Crippen LogP contribution in [0.25, 0.3) is 11.1 Å². The van der Waals surface area contributed by atoms with Crippen LogP contribution in [0.2, 0.25) is 0 Å². The highest BCUT2D eigenvalue weighted by Gasteiger charge is 2.21. The summed E-state index contributed by atoms with van der Waals surface area (Å²) in [5.74, 6) is 0. The van der Waals surface area contributed by atoms with Crippen LogP contribution >= 0.6 is 0 Å². The predicted octanol–water partition coefficient (Wildman–Crippen LogP) is 3.67. The predicted molar refractivity (Wildman–Crippen MR) is 104 cm³/mol. The van der Waals surface area contributed by atoms with Crippen LogP contribution in [0, 0.1) is 0 Å². The summed E-state index contributed by atoms with van der Waals surface area (Å²) in [6.07, 6.45) is 4.99. The van der Waals surface area contributed by atoms with Crippen molar-refractivity contribution in [1.29, 1.82) is 0 Å². The molecule has 2 aromatic rings. The van der Waals surface area contributed by atoms with Gasteiger partial charge in [-0.25, -0.2) is 9.59 Å². The van der Waals surface area contributed by atoms with Gasteiger partial charge in [-0.1, -0.05) is 31.0 Å². The number of aromatic nitrogens is 2. The molecule has 1 saturated carbocycles. The molecule has 0 radical (unpaired) electrons. The number of hydrogen-bond acceptors (Lipinski definition) is 4. The molecule has 144 valence electrons. The van der Waals surface area contributed by atoms with Crippen LogP contribution < -0.4 is 16.6 Å². The quantitative estimate of drug-likeness (QED) is 0.861.